The molecule has 0 heterocycles. The van der Waals surface area contributed by atoms with Crippen molar-refractivity contribution in [2.45, 2.75) is 51.7 Å². The first-order chi connectivity index (χ1) is 11.0. The molecule has 0 saturated carbocycles. The van der Waals surface area contributed by atoms with Crippen LogP contribution in [0.2, 0.25) is 0 Å². The Morgan fingerprint density at radius 3 is 2.33 bits per heavy atom. The highest BCUT2D eigenvalue weighted by atomic mass is 32.2. The Hall–Kier alpha value is -1.93. The van der Waals surface area contributed by atoms with Crippen LogP contribution in [-0.4, -0.2) is 39.1 Å². The summed E-state index contributed by atoms with van der Waals surface area (Å²) in [7, 11) is -3.73. The number of rotatable bonds is 7. The highest BCUT2D eigenvalue weighted by Crippen LogP contribution is 2.17. The van der Waals surface area contributed by atoms with E-state index >= 15 is 0 Å². The summed E-state index contributed by atoms with van der Waals surface area (Å²) in [5.74, 6) is -1.45. The van der Waals surface area contributed by atoms with Crippen molar-refractivity contribution >= 4 is 22.0 Å². The molecule has 0 saturated heterocycles. The normalized spacial score (nSPS) is 11.6. The minimum atomic E-state index is -3.73. The van der Waals surface area contributed by atoms with Gasteiger partial charge in [-0.05, 0) is 52.3 Å². The molecule has 0 aromatic heterocycles. The van der Waals surface area contributed by atoms with Crippen LogP contribution in [0.3, 0.4) is 0 Å². The lowest BCUT2D eigenvalue weighted by atomic mass is 10.1. The summed E-state index contributed by atoms with van der Waals surface area (Å²) in [5, 5.41) is 0. The molecule has 0 aliphatic heterocycles. The second-order valence-corrected chi connectivity index (χ2v) is 7.58. The predicted octanol–water partition coefficient (Wildman–Crippen LogP) is 1.79. The number of benzene rings is 1. The van der Waals surface area contributed by atoms with Gasteiger partial charge >= 0.3 is 11.9 Å². The molecule has 0 aliphatic rings. The summed E-state index contributed by atoms with van der Waals surface area (Å²) < 4.78 is 36.6. The van der Waals surface area contributed by atoms with Gasteiger partial charge in [-0.1, -0.05) is 6.07 Å². The van der Waals surface area contributed by atoms with E-state index in [-0.39, 0.29) is 22.6 Å². The smallest absolute Gasteiger partial charge is 0.344 e. The third-order valence-corrected chi connectivity index (χ3v) is 4.47. The van der Waals surface area contributed by atoms with Crippen LogP contribution in [0.25, 0.3) is 0 Å². The Bertz CT molecular complexity index is 709. The van der Waals surface area contributed by atoms with Crippen molar-refractivity contribution in [2.24, 2.45) is 0 Å². The Morgan fingerprint density at radius 1 is 1.17 bits per heavy atom. The first kappa shape index (κ1) is 20.1. The van der Waals surface area contributed by atoms with Crippen LogP contribution in [0.1, 0.15) is 43.6 Å². The largest absolute Gasteiger partial charge is 0.460 e. The zero-order valence-corrected chi connectivity index (χ0v) is 15.3. The fourth-order valence-corrected chi connectivity index (χ4v) is 3.14. The monoisotopic (exact) mass is 357 g/mol. The number of nitrogens with one attached hydrogen (secondary N) is 1. The van der Waals surface area contributed by atoms with E-state index in [2.05, 4.69) is 4.72 Å². The number of hydrogen-bond donors (Lipinski definition) is 1. The van der Waals surface area contributed by atoms with Crippen molar-refractivity contribution in [1.29, 1.82) is 0 Å². The molecule has 24 heavy (non-hydrogen) atoms. The molecule has 1 rings (SSSR count). The van der Waals surface area contributed by atoms with Gasteiger partial charge in [-0.3, -0.25) is 0 Å². The summed E-state index contributed by atoms with van der Waals surface area (Å²) in [6.45, 7) is 7.87. The van der Waals surface area contributed by atoms with E-state index in [9.17, 15) is 18.0 Å². The average Bonchev–Trinajstić information content (AvgIpc) is 2.42. The highest BCUT2D eigenvalue weighted by Gasteiger charge is 2.20. The highest BCUT2D eigenvalue weighted by molar-refractivity contribution is 7.89. The van der Waals surface area contributed by atoms with Gasteiger partial charge < -0.3 is 9.47 Å². The molecule has 1 N–H and O–H groups in total. The van der Waals surface area contributed by atoms with Gasteiger partial charge in [-0.15, -0.1) is 0 Å². The van der Waals surface area contributed by atoms with Crippen LogP contribution in [0.15, 0.2) is 23.1 Å². The van der Waals surface area contributed by atoms with Crippen LogP contribution in [0, 0.1) is 6.92 Å². The minimum absolute atomic E-state index is 0.0430. The average molecular weight is 357 g/mol. The van der Waals surface area contributed by atoms with Crippen LogP contribution >= 0.6 is 0 Å². The summed E-state index contributed by atoms with van der Waals surface area (Å²) in [4.78, 5) is 23.5. The van der Waals surface area contributed by atoms with E-state index in [4.69, 9.17) is 9.47 Å². The second-order valence-electron chi connectivity index (χ2n) is 5.87. The maximum Gasteiger partial charge on any atom is 0.344 e. The Morgan fingerprint density at radius 2 is 1.79 bits per heavy atom. The summed E-state index contributed by atoms with van der Waals surface area (Å²) in [6, 6.07) is 3.87. The molecule has 1 aromatic carbocycles. The first-order valence-corrected chi connectivity index (χ1v) is 9.01. The molecule has 0 aliphatic carbocycles. The van der Waals surface area contributed by atoms with Crippen molar-refractivity contribution in [3.05, 3.63) is 29.3 Å². The number of carbonyl (C=O) groups excluding carboxylic acids is 2. The fourth-order valence-electron chi connectivity index (χ4n) is 1.87. The van der Waals surface area contributed by atoms with E-state index in [0.717, 1.165) is 0 Å². The van der Waals surface area contributed by atoms with Gasteiger partial charge in [0, 0.05) is 6.04 Å². The van der Waals surface area contributed by atoms with Crippen molar-refractivity contribution in [3.8, 4) is 0 Å². The number of carbonyl (C=O) groups is 2. The molecule has 0 unspecified atom stereocenters. The molecular formula is C16H23NO6S. The SMILES string of the molecule is Cc1ccc(S(=O)(=O)NC(C)C)cc1C(=O)OCC(=O)OC(C)C. The lowest BCUT2D eigenvalue weighted by molar-refractivity contribution is -0.150. The summed E-state index contributed by atoms with van der Waals surface area (Å²) >= 11 is 0. The van der Waals surface area contributed by atoms with Gasteiger partial charge in [0.2, 0.25) is 10.0 Å². The molecule has 7 nitrogen and oxygen atoms in total. The lowest BCUT2D eigenvalue weighted by Crippen LogP contribution is -2.30. The Labute approximate surface area is 142 Å². The quantitative estimate of drug-likeness (QED) is 0.747. The standard InChI is InChI=1S/C16H23NO6S/c1-10(2)17-24(20,21)13-7-6-12(5)14(8-13)16(19)22-9-15(18)23-11(3)4/h6-8,10-11,17H,9H2,1-5H3. The van der Waals surface area contributed by atoms with Gasteiger partial charge in [0.25, 0.3) is 0 Å². The maximum absolute atomic E-state index is 12.2. The van der Waals surface area contributed by atoms with Crippen molar-refractivity contribution in [3.63, 3.8) is 0 Å². The van der Waals surface area contributed by atoms with Gasteiger partial charge in [-0.2, -0.15) is 0 Å². The van der Waals surface area contributed by atoms with Crippen molar-refractivity contribution in [1.82, 2.24) is 4.72 Å². The first-order valence-electron chi connectivity index (χ1n) is 7.52. The van der Waals surface area contributed by atoms with Gasteiger partial charge in [-0.25, -0.2) is 22.7 Å². The van der Waals surface area contributed by atoms with Gasteiger partial charge in [0.1, 0.15) is 0 Å². The van der Waals surface area contributed by atoms with Crippen molar-refractivity contribution < 1.29 is 27.5 Å². The predicted molar refractivity (Wildman–Crippen MR) is 88.1 cm³/mol. The molecule has 0 amide bonds. The Kier molecular flexibility index (Phi) is 6.92. The van der Waals surface area contributed by atoms with Gasteiger partial charge in [0.05, 0.1) is 16.6 Å². The fraction of sp³-hybridized carbons (Fsp3) is 0.500. The third kappa shape index (κ3) is 5.93. The number of esters is 2. The molecule has 0 bridgehead atoms. The second kappa shape index (κ2) is 8.25. The number of sulfonamides is 1. The molecule has 1 aromatic rings. The molecular weight excluding hydrogens is 334 g/mol. The molecule has 8 heteroatoms. The van der Waals surface area contributed by atoms with E-state index < -0.39 is 28.6 Å². The Balaban J connectivity index is 2.94. The van der Waals surface area contributed by atoms with Crippen molar-refractivity contribution in [2.75, 3.05) is 6.61 Å². The maximum atomic E-state index is 12.2. The minimum Gasteiger partial charge on any atom is -0.460 e. The molecule has 0 fully saturated rings. The third-order valence-electron chi connectivity index (χ3n) is 2.82. The lowest BCUT2D eigenvalue weighted by Gasteiger charge is -2.12. The van der Waals surface area contributed by atoms with Crippen LogP contribution in [-0.2, 0) is 24.3 Å². The van der Waals surface area contributed by atoms with Crippen LogP contribution in [0.4, 0.5) is 0 Å². The van der Waals surface area contributed by atoms with E-state index in [0.29, 0.717) is 5.56 Å². The van der Waals surface area contributed by atoms with E-state index in [1.807, 2.05) is 0 Å². The zero-order valence-electron chi connectivity index (χ0n) is 14.5. The summed E-state index contributed by atoms with van der Waals surface area (Å²) in [5.41, 5.74) is 0.625. The number of aryl methyl sites for hydroxylation is 1. The number of ether oxygens (including phenoxy) is 2. The molecule has 0 spiro atoms. The van der Waals surface area contributed by atoms with E-state index in [1.54, 1.807) is 34.6 Å². The molecule has 0 atom stereocenters. The molecule has 0 radical (unpaired) electrons. The molecule has 134 valence electrons. The number of hydrogen-bond acceptors (Lipinski definition) is 6. The van der Waals surface area contributed by atoms with Crippen LogP contribution < -0.4 is 4.72 Å². The zero-order chi connectivity index (χ0) is 18.5. The van der Waals surface area contributed by atoms with Gasteiger partial charge in [0.15, 0.2) is 6.61 Å². The van der Waals surface area contributed by atoms with E-state index in [1.165, 1.54) is 18.2 Å². The summed E-state index contributed by atoms with van der Waals surface area (Å²) in [6.07, 6.45) is -0.312. The topological polar surface area (TPSA) is 98.8 Å². The van der Waals surface area contributed by atoms with Crippen LogP contribution in [0.5, 0.6) is 0 Å².